The Morgan fingerprint density at radius 3 is 2.69 bits per heavy atom. The topological polar surface area (TPSA) is 78.1 Å². The van der Waals surface area contributed by atoms with Crippen molar-refractivity contribution in [2.75, 3.05) is 13.6 Å². The highest BCUT2D eigenvalue weighted by molar-refractivity contribution is 5.96. The van der Waals surface area contributed by atoms with Gasteiger partial charge in [-0.15, -0.1) is 0 Å². The van der Waals surface area contributed by atoms with Crippen molar-refractivity contribution in [3.63, 3.8) is 0 Å². The number of carbonyl (C=O) groups excluding carboxylic acids is 2. The fourth-order valence-electron chi connectivity index (χ4n) is 2.45. The van der Waals surface area contributed by atoms with Gasteiger partial charge < -0.3 is 15.2 Å². The van der Waals surface area contributed by atoms with Crippen LogP contribution in [0.4, 0.5) is 8.78 Å². The summed E-state index contributed by atoms with van der Waals surface area (Å²) in [6, 6.07) is 10.1. The maximum Gasteiger partial charge on any atom is 0.254 e. The third-order valence-corrected chi connectivity index (χ3v) is 3.83. The molecule has 1 heterocycles. The molecule has 0 unspecified atom stereocenters. The summed E-state index contributed by atoms with van der Waals surface area (Å²) in [6.45, 7) is -0.0827. The molecular formula is C18H16F2N4O2. The van der Waals surface area contributed by atoms with Gasteiger partial charge in [0.05, 0.1) is 29.7 Å². The molecule has 26 heavy (non-hydrogen) atoms. The number of nitrogens with one attached hydrogen (secondary N) is 2. The standard InChI is InChI=1S/C18H16F2N4O2/c1-24(10-16-22-14-4-2-3-5-15(14)23-16)17(25)9-21-18(26)12-7-6-11(19)8-13(12)20/h2-8H,9-10H2,1H3,(H,21,26)(H,22,23). The van der Waals surface area contributed by atoms with Gasteiger partial charge in [-0.3, -0.25) is 9.59 Å². The molecule has 2 aromatic carbocycles. The van der Waals surface area contributed by atoms with Crippen molar-refractivity contribution in [1.29, 1.82) is 0 Å². The number of benzene rings is 2. The molecule has 0 saturated carbocycles. The van der Waals surface area contributed by atoms with Crippen molar-refractivity contribution in [2.45, 2.75) is 6.54 Å². The minimum Gasteiger partial charge on any atom is -0.343 e. The predicted octanol–water partition coefficient (Wildman–Crippen LogP) is 2.23. The molecule has 1 aromatic heterocycles. The minimum absolute atomic E-state index is 0.230. The van der Waals surface area contributed by atoms with E-state index in [1.165, 1.54) is 4.90 Å². The number of aromatic nitrogens is 2. The molecule has 2 N–H and O–H groups in total. The van der Waals surface area contributed by atoms with Gasteiger partial charge in [0, 0.05) is 13.1 Å². The number of carbonyl (C=O) groups is 2. The lowest BCUT2D eigenvalue weighted by atomic mass is 10.2. The van der Waals surface area contributed by atoms with Crippen LogP contribution in [0.3, 0.4) is 0 Å². The molecular weight excluding hydrogens is 342 g/mol. The van der Waals surface area contributed by atoms with E-state index in [1.807, 2.05) is 24.3 Å². The van der Waals surface area contributed by atoms with E-state index in [1.54, 1.807) is 7.05 Å². The van der Waals surface area contributed by atoms with Crippen molar-refractivity contribution in [2.24, 2.45) is 0 Å². The van der Waals surface area contributed by atoms with Gasteiger partial charge in [0.15, 0.2) is 0 Å². The van der Waals surface area contributed by atoms with E-state index >= 15 is 0 Å². The molecule has 2 amide bonds. The number of para-hydroxylation sites is 2. The summed E-state index contributed by atoms with van der Waals surface area (Å²) in [4.78, 5) is 32.9. The summed E-state index contributed by atoms with van der Waals surface area (Å²) in [5, 5.41) is 2.33. The third kappa shape index (κ3) is 3.85. The van der Waals surface area contributed by atoms with E-state index in [0.717, 1.165) is 23.2 Å². The van der Waals surface area contributed by atoms with Crippen molar-refractivity contribution in [3.8, 4) is 0 Å². The highest BCUT2D eigenvalue weighted by Crippen LogP contribution is 2.12. The van der Waals surface area contributed by atoms with Crippen molar-refractivity contribution >= 4 is 22.8 Å². The quantitative estimate of drug-likeness (QED) is 0.734. The molecule has 0 saturated heterocycles. The molecule has 0 aliphatic carbocycles. The molecule has 0 fully saturated rings. The Labute approximate surface area is 147 Å². The van der Waals surface area contributed by atoms with E-state index in [9.17, 15) is 18.4 Å². The monoisotopic (exact) mass is 358 g/mol. The lowest BCUT2D eigenvalue weighted by Crippen LogP contribution is -2.38. The lowest BCUT2D eigenvalue weighted by molar-refractivity contribution is -0.129. The molecule has 0 bridgehead atoms. The second-order valence-corrected chi connectivity index (χ2v) is 5.76. The number of hydrogen-bond donors (Lipinski definition) is 2. The largest absolute Gasteiger partial charge is 0.343 e. The molecule has 3 aromatic rings. The van der Waals surface area contributed by atoms with Crippen molar-refractivity contribution in [1.82, 2.24) is 20.2 Å². The van der Waals surface area contributed by atoms with Gasteiger partial charge in [0.25, 0.3) is 5.91 Å². The number of rotatable bonds is 5. The summed E-state index contributed by atoms with van der Waals surface area (Å²) in [5.74, 6) is -2.31. The average Bonchev–Trinajstić information content (AvgIpc) is 3.01. The Kier molecular flexibility index (Phi) is 4.92. The van der Waals surface area contributed by atoms with E-state index in [-0.39, 0.29) is 24.6 Å². The molecule has 3 rings (SSSR count). The van der Waals surface area contributed by atoms with Crippen LogP contribution in [0.2, 0.25) is 0 Å². The summed E-state index contributed by atoms with van der Waals surface area (Å²) in [6.07, 6.45) is 0. The Hall–Kier alpha value is -3.29. The Morgan fingerprint density at radius 1 is 1.19 bits per heavy atom. The molecule has 8 heteroatoms. The van der Waals surface area contributed by atoms with E-state index in [2.05, 4.69) is 15.3 Å². The number of imidazole rings is 1. The van der Waals surface area contributed by atoms with E-state index in [4.69, 9.17) is 0 Å². The lowest BCUT2D eigenvalue weighted by Gasteiger charge is -2.16. The van der Waals surface area contributed by atoms with Gasteiger partial charge in [-0.05, 0) is 24.3 Å². The number of amides is 2. The van der Waals surface area contributed by atoms with Gasteiger partial charge in [0.1, 0.15) is 17.5 Å². The van der Waals surface area contributed by atoms with Gasteiger partial charge in [-0.2, -0.15) is 0 Å². The van der Waals surface area contributed by atoms with Crippen LogP contribution in [0.25, 0.3) is 11.0 Å². The molecule has 134 valence electrons. The summed E-state index contributed by atoms with van der Waals surface area (Å²) in [7, 11) is 1.57. The molecule has 0 aliphatic heterocycles. The van der Waals surface area contributed by atoms with Crippen LogP contribution < -0.4 is 5.32 Å². The van der Waals surface area contributed by atoms with Crippen LogP contribution in [0.5, 0.6) is 0 Å². The Bertz CT molecular complexity index is 938. The number of aromatic amines is 1. The highest BCUT2D eigenvalue weighted by Gasteiger charge is 2.16. The fraction of sp³-hybridized carbons (Fsp3) is 0.167. The van der Waals surface area contributed by atoms with Crippen LogP contribution >= 0.6 is 0 Å². The van der Waals surface area contributed by atoms with Crippen molar-refractivity contribution in [3.05, 3.63) is 65.5 Å². The molecule has 0 spiro atoms. The van der Waals surface area contributed by atoms with Gasteiger partial charge in [0.2, 0.25) is 5.91 Å². The number of fused-ring (bicyclic) bond motifs is 1. The Balaban J connectivity index is 1.57. The summed E-state index contributed by atoms with van der Waals surface area (Å²) >= 11 is 0. The summed E-state index contributed by atoms with van der Waals surface area (Å²) < 4.78 is 26.4. The fourth-order valence-corrected chi connectivity index (χ4v) is 2.45. The second-order valence-electron chi connectivity index (χ2n) is 5.76. The third-order valence-electron chi connectivity index (χ3n) is 3.83. The minimum atomic E-state index is -0.981. The molecule has 0 radical (unpaired) electrons. The number of hydrogen-bond acceptors (Lipinski definition) is 3. The van der Waals surface area contributed by atoms with Crippen LogP contribution in [0.1, 0.15) is 16.2 Å². The highest BCUT2D eigenvalue weighted by atomic mass is 19.1. The zero-order chi connectivity index (χ0) is 18.7. The predicted molar refractivity (Wildman–Crippen MR) is 91.3 cm³/mol. The van der Waals surface area contributed by atoms with Crippen LogP contribution in [-0.4, -0.2) is 40.3 Å². The Morgan fingerprint density at radius 2 is 1.96 bits per heavy atom. The first-order valence-corrected chi connectivity index (χ1v) is 7.85. The van der Waals surface area contributed by atoms with E-state index < -0.39 is 17.5 Å². The maximum absolute atomic E-state index is 13.6. The molecule has 0 atom stereocenters. The molecule has 6 nitrogen and oxygen atoms in total. The van der Waals surface area contributed by atoms with Gasteiger partial charge >= 0.3 is 0 Å². The van der Waals surface area contributed by atoms with E-state index in [0.29, 0.717) is 11.9 Å². The first-order valence-electron chi connectivity index (χ1n) is 7.85. The smallest absolute Gasteiger partial charge is 0.254 e. The normalized spacial score (nSPS) is 10.7. The van der Waals surface area contributed by atoms with Gasteiger partial charge in [-0.25, -0.2) is 13.8 Å². The zero-order valence-corrected chi connectivity index (χ0v) is 13.9. The average molecular weight is 358 g/mol. The number of nitrogens with zero attached hydrogens (tertiary/aromatic N) is 2. The SMILES string of the molecule is CN(Cc1nc2ccccc2[nH]1)C(=O)CNC(=O)c1ccc(F)cc1F. The molecule has 0 aliphatic rings. The maximum atomic E-state index is 13.6. The summed E-state index contributed by atoms with van der Waals surface area (Å²) in [5.41, 5.74) is 1.34. The number of likely N-dealkylation sites (N-methyl/N-ethyl adjacent to an activating group) is 1. The first-order chi connectivity index (χ1) is 12.4. The van der Waals surface area contributed by atoms with Crippen molar-refractivity contribution < 1.29 is 18.4 Å². The second kappa shape index (κ2) is 7.30. The zero-order valence-electron chi connectivity index (χ0n) is 13.9. The van der Waals surface area contributed by atoms with Crippen LogP contribution in [0, 0.1) is 11.6 Å². The number of H-pyrrole nitrogens is 1. The van der Waals surface area contributed by atoms with Gasteiger partial charge in [-0.1, -0.05) is 12.1 Å². The van der Waals surface area contributed by atoms with Crippen LogP contribution in [-0.2, 0) is 11.3 Å². The first kappa shape index (κ1) is 17.5. The number of halogens is 2. The van der Waals surface area contributed by atoms with Crippen LogP contribution in [0.15, 0.2) is 42.5 Å².